The van der Waals surface area contributed by atoms with Crippen molar-refractivity contribution in [2.45, 2.75) is 26.2 Å². The Bertz CT molecular complexity index is 410. The third-order valence-electron chi connectivity index (χ3n) is 5.04. The monoisotopic (exact) mass is 226 g/mol. The zero-order valence-electron chi connectivity index (χ0n) is 10.7. The van der Waals surface area contributed by atoms with Gasteiger partial charge in [0.2, 0.25) is 0 Å². The van der Waals surface area contributed by atoms with Crippen LogP contribution in [-0.2, 0) is 0 Å². The van der Waals surface area contributed by atoms with E-state index < -0.39 is 0 Å². The van der Waals surface area contributed by atoms with Crippen LogP contribution in [0.25, 0.3) is 0 Å². The summed E-state index contributed by atoms with van der Waals surface area (Å²) < 4.78 is 0. The first-order valence-corrected chi connectivity index (χ1v) is 6.88. The van der Waals surface area contributed by atoms with E-state index in [2.05, 4.69) is 44.4 Å². The Morgan fingerprint density at radius 3 is 2.06 bits per heavy atom. The van der Waals surface area contributed by atoms with Crippen molar-refractivity contribution < 1.29 is 0 Å². The molecular weight excluding hydrogens is 204 g/mol. The molecule has 0 nitrogen and oxygen atoms in total. The molecule has 5 atom stereocenters. The van der Waals surface area contributed by atoms with E-state index in [0.717, 1.165) is 29.6 Å². The first-order chi connectivity index (χ1) is 8.15. The van der Waals surface area contributed by atoms with Crippen LogP contribution < -0.4 is 0 Å². The van der Waals surface area contributed by atoms with Gasteiger partial charge in [0.15, 0.2) is 0 Å². The van der Waals surface area contributed by atoms with E-state index in [-0.39, 0.29) is 0 Å². The van der Waals surface area contributed by atoms with Crippen molar-refractivity contribution in [3.63, 3.8) is 0 Å². The van der Waals surface area contributed by atoms with Crippen LogP contribution in [0.5, 0.6) is 0 Å². The molecule has 2 saturated carbocycles. The lowest BCUT2D eigenvalue weighted by Gasteiger charge is -2.13. The quantitative estimate of drug-likeness (QED) is 0.533. The van der Waals surface area contributed by atoms with Crippen molar-refractivity contribution in [1.29, 1.82) is 0 Å². The molecule has 0 aromatic heterocycles. The van der Waals surface area contributed by atoms with Crippen LogP contribution >= 0.6 is 0 Å². The third kappa shape index (κ3) is 1.84. The summed E-state index contributed by atoms with van der Waals surface area (Å²) in [4.78, 5) is 0. The Labute approximate surface area is 105 Å². The molecule has 0 amide bonds. The third-order valence-corrected chi connectivity index (χ3v) is 5.04. The Morgan fingerprint density at radius 2 is 1.76 bits per heavy atom. The molecule has 2 fully saturated rings. The highest BCUT2D eigenvalue weighted by atomic mass is 14.4. The molecule has 4 rings (SSSR count). The number of allylic oxidation sites excluding steroid dienone is 6. The smallest absolute Gasteiger partial charge is 0.00172 e. The minimum absolute atomic E-state index is 0.741. The highest BCUT2D eigenvalue weighted by Gasteiger charge is 2.35. The lowest BCUT2D eigenvalue weighted by atomic mass is 9.92. The summed E-state index contributed by atoms with van der Waals surface area (Å²) >= 11 is 0. The van der Waals surface area contributed by atoms with Crippen LogP contribution in [0, 0.1) is 29.6 Å². The van der Waals surface area contributed by atoms with E-state index in [9.17, 15) is 0 Å². The lowest BCUT2D eigenvalue weighted by Crippen LogP contribution is -2.03. The SMILES string of the molecule is C=C1C2C=CC(C2)C1C.C=C1CC2C=CC1C2. The zero-order chi connectivity index (χ0) is 12.0. The van der Waals surface area contributed by atoms with Crippen molar-refractivity contribution >= 4 is 0 Å². The number of hydrogen-bond acceptors (Lipinski definition) is 0. The predicted molar refractivity (Wildman–Crippen MR) is 73.5 cm³/mol. The van der Waals surface area contributed by atoms with E-state index >= 15 is 0 Å². The second kappa shape index (κ2) is 4.01. The molecule has 17 heavy (non-hydrogen) atoms. The minimum Gasteiger partial charge on any atom is -0.0992 e. The molecule has 0 aromatic carbocycles. The van der Waals surface area contributed by atoms with Gasteiger partial charge in [0, 0.05) is 0 Å². The van der Waals surface area contributed by atoms with Gasteiger partial charge in [0.05, 0.1) is 0 Å². The summed E-state index contributed by atoms with van der Waals surface area (Å²) in [6.07, 6.45) is 13.3. The predicted octanol–water partition coefficient (Wildman–Crippen LogP) is 4.52. The number of fused-ring (bicyclic) bond motifs is 4. The van der Waals surface area contributed by atoms with Gasteiger partial charge < -0.3 is 0 Å². The van der Waals surface area contributed by atoms with Crippen LogP contribution in [0.15, 0.2) is 48.6 Å². The molecule has 0 radical (unpaired) electrons. The normalized spacial score (nSPS) is 44.4. The second-order valence-corrected chi connectivity index (χ2v) is 6.10. The number of rotatable bonds is 0. The van der Waals surface area contributed by atoms with Gasteiger partial charge in [-0.1, -0.05) is 55.5 Å². The minimum atomic E-state index is 0.741. The molecule has 0 N–H and O–H groups in total. The standard InChI is InChI=1S/C9H12.C8H10/c1-6-7(2)9-4-3-8(6)5-9;1-6-4-7-2-3-8(6)5-7/h3-4,7-9H,1,5H2,2H3;2-3,7-8H,1,4-5H2. The molecule has 4 aliphatic carbocycles. The van der Waals surface area contributed by atoms with Crippen molar-refractivity contribution in [2.24, 2.45) is 29.6 Å². The van der Waals surface area contributed by atoms with E-state index in [1.54, 1.807) is 0 Å². The van der Waals surface area contributed by atoms with Crippen molar-refractivity contribution in [3.05, 3.63) is 48.6 Å². The van der Waals surface area contributed by atoms with E-state index in [4.69, 9.17) is 0 Å². The van der Waals surface area contributed by atoms with Gasteiger partial charge >= 0.3 is 0 Å². The molecule has 0 aliphatic heterocycles. The number of hydrogen-bond donors (Lipinski definition) is 0. The average molecular weight is 226 g/mol. The average Bonchev–Trinajstić information content (AvgIpc) is 3.04. The van der Waals surface area contributed by atoms with E-state index in [0.29, 0.717) is 0 Å². The van der Waals surface area contributed by atoms with Crippen LogP contribution in [0.4, 0.5) is 0 Å². The van der Waals surface area contributed by atoms with E-state index in [1.807, 2.05) is 0 Å². The molecule has 0 aromatic rings. The fraction of sp³-hybridized carbons (Fsp3) is 0.529. The maximum absolute atomic E-state index is 4.07. The highest BCUT2D eigenvalue weighted by Crippen LogP contribution is 2.46. The maximum Gasteiger partial charge on any atom is -0.00172 e. The van der Waals surface area contributed by atoms with Crippen molar-refractivity contribution in [2.75, 3.05) is 0 Å². The van der Waals surface area contributed by atoms with Gasteiger partial charge in [-0.25, -0.2) is 0 Å². The maximum atomic E-state index is 4.07. The first kappa shape index (κ1) is 11.1. The fourth-order valence-electron chi connectivity index (χ4n) is 3.70. The van der Waals surface area contributed by atoms with Gasteiger partial charge in [-0.2, -0.15) is 0 Å². The topological polar surface area (TPSA) is 0 Å². The Morgan fingerprint density at radius 1 is 1.00 bits per heavy atom. The van der Waals surface area contributed by atoms with Crippen LogP contribution in [0.3, 0.4) is 0 Å². The van der Waals surface area contributed by atoms with E-state index in [1.165, 1.54) is 30.4 Å². The van der Waals surface area contributed by atoms with Crippen LogP contribution in [-0.4, -0.2) is 0 Å². The summed E-state index contributed by atoms with van der Waals surface area (Å²) in [6, 6.07) is 0. The molecule has 0 heterocycles. The Hall–Kier alpha value is -1.04. The first-order valence-electron chi connectivity index (χ1n) is 6.88. The zero-order valence-corrected chi connectivity index (χ0v) is 10.7. The Kier molecular flexibility index (Phi) is 2.61. The Balaban J connectivity index is 0.000000107. The van der Waals surface area contributed by atoms with Crippen molar-refractivity contribution in [1.82, 2.24) is 0 Å². The van der Waals surface area contributed by atoms with Gasteiger partial charge in [0.25, 0.3) is 0 Å². The molecular formula is C17H22. The molecule has 4 aliphatic rings. The molecule has 5 unspecified atom stereocenters. The van der Waals surface area contributed by atoms with Gasteiger partial charge in [0.1, 0.15) is 0 Å². The molecule has 0 saturated heterocycles. The van der Waals surface area contributed by atoms with Gasteiger partial charge in [-0.15, -0.1) is 0 Å². The van der Waals surface area contributed by atoms with Crippen molar-refractivity contribution in [3.8, 4) is 0 Å². The second-order valence-electron chi connectivity index (χ2n) is 6.10. The van der Waals surface area contributed by atoms with Crippen LogP contribution in [0.1, 0.15) is 26.2 Å². The lowest BCUT2D eigenvalue weighted by molar-refractivity contribution is 0.557. The molecule has 0 heteroatoms. The van der Waals surface area contributed by atoms with Gasteiger partial charge in [-0.05, 0) is 48.9 Å². The summed E-state index contributed by atoms with van der Waals surface area (Å²) in [7, 11) is 0. The summed E-state index contributed by atoms with van der Waals surface area (Å²) in [6.45, 7) is 10.3. The largest absolute Gasteiger partial charge is 0.0992 e. The van der Waals surface area contributed by atoms with Crippen LogP contribution in [0.2, 0.25) is 0 Å². The summed E-state index contributed by atoms with van der Waals surface area (Å²) in [5.74, 6) is 3.97. The molecule has 90 valence electrons. The highest BCUT2D eigenvalue weighted by molar-refractivity contribution is 5.27. The summed E-state index contributed by atoms with van der Waals surface area (Å²) in [5, 5.41) is 0. The summed E-state index contributed by atoms with van der Waals surface area (Å²) in [5.41, 5.74) is 2.92. The van der Waals surface area contributed by atoms with Gasteiger partial charge in [-0.3, -0.25) is 0 Å². The molecule has 4 bridgehead atoms. The fourth-order valence-corrected chi connectivity index (χ4v) is 3.70. The molecule has 0 spiro atoms.